The molecule has 0 radical (unpaired) electrons. The zero-order chi connectivity index (χ0) is 21.5. The minimum atomic E-state index is -0.195. The minimum Gasteiger partial charge on any atom is -0.345 e. The van der Waals surface area contributed by atoms with E-state index in [1.54, 1.807) is 6.07 Å². The molecule has 3 rings (SSSR count). The second kappa shape index (κ2) is 10.4. The number of halogens is 1. The van der Waals surface area contributed by atoms with Crippen LogP contribution in [0.4, 0.5) is 5.69 Å². The maximum absolute atomic E-state index is 12.4. The highest BCUT2D eigenvalue weighted by Gasteiger charge is 2.15. The molecule has 0 aliphatic rings. The number of carbonyl (C=O) groups excluding carboxylic acids is 2. The third-order valence-electron chi connectivity index (χ3n) is 4.30. The Kier molecular flexibility index (Phi) is 7.64. The van der Waals surface area contributed by atoms with Gasteiger partial charge in [0.2, 0.25) is 5.91 Å². The predicted octanol–water partition coefficient (Wildman–Crippen LogP) is 4.03. The Morgan fingerprint density at radius 3 is 2.53 bits per heavy atom. The lowest BCUT2D eigenvalue weighted by molar-refractivity contribution is -0.113. The van der Waals surface area contributed by atoms with Crippen LogP contribution in [0.15, 0.2) is 58.2 Å². The van der Waals surface area contributed by atoms with Crippen LogP contribution in [0.3, 0.4) is 0 Å². The van der Waals surface area contributed by atoms with Gasteiger partial charge in [-0.05, 0) is 54.0 Å². The third kappa shape index (κ3) is 5.70. The number of benzene rings is 2. The Morgan fingerprint density at radius 2 is 1.83 bits per heavy atom. The third-order valence-corrected chi connectivity index (χ3v) is 5.96. The molecule has 3 aromatic rings. The first kappa shape index (κ1) is 22.0. The number of rotatable bonds is 8. The van der Waals surface area contributed by atoms with Crippen LogP contribution in [0.5, 0.6) is 0 Å². The highest BCUT2D eigenvalue weighted by molar-refractivity contribution is 9.10. The first-order chi connectivity index (χ1) is 14.5. The van der Waals surface area contributed by atoms with Gasteiger partial charge in [0.1, 0.15) is 0 Å². The van der Waals surface area contributed by atoms with Gasteiger partial charge in [-0.25, -0.2) is 0 Å². The van der Waals surface area contributed by atoms with Crippen LogP contribution >= 0.6 is 27.7 Å². The molecule has 0 saturated heterocycles. The molecule has 30 heavy (non-hydrogen) atoms. The maximum atomic E-state index is 12.4. The lowest BCUT2D eigenvalue weighted by Gasteiger charge is -2.09. The molecule has 0 fully saturated rings. The summed E-state index contributed by atoms with van der Waals surface area (Å²) in [4.78, 5) is 24.6. The van der Waals surface area contributed by atoms with E-state index in [1.807, 2.05) is 60.9 Å². The summed E-state index contributed by atoms with van der Waals surface area (Å²) in [6.45, 7) is 4.85. The van der Waals surface area contributed by atoms with Gasteiger partial charge in [0, 0.05) is 16.7 Å². The van der Waals surface area contributed by atoms with Crippen LogP contribution in [0.25, 0.3) is 0 Å². The zero-order valence-electron chi connectivity index (χ0n) is 16.7. The van der Waals surface area contributed by atoms with Crippen molar-refractivity contribution >= 4 is 45.2 Å². The smallest absolute Gasteiger partial charge is 0.252 e. The normalized spacial score (nSPS) is 10.6. The van der Waals surface area contributed by atoms with Crippen LogP contribution in [0, 0.1) is 6.92 Å². The molecule has 7 nitrogen and oxygen atoms in total. The number of anilines is 1. The number of amides is 2. The molecule has 1 aromatic heterocycles. The Bertz CT molecular complexity index is 1040. The summed E-state index contributed by atoms with van der Waals surface area (Å²) in [5.74, 6) is 0.549. The van der Waals surface area contributed by atoms with Crippen LogP contribution < -0.4 is 10.6 Å². The van der Waals surface area contributed by atoms with Crippen molar-refractivity contribution in [1.29, 1.82) is 0 Å². The molecule has 2 amide bonds. The van der Waals surface area contributed by atoms with E-state index in [-0.39, 0.29) is 24.1 Å². The summed E-state index contributed by atoms with van der Waals surface area (Å²) in [5.41, 5.74) is 2.46. The lowest BCUT2D eigenvalue weighted by atomic mass is 10.2. The fraction of sp³-hybridized carbons (Fsp3) is 0.238. The molecule has 0 spiro atoms. The van der Waals surface area contributed by atoms with E-state index in [0.29, 0.717) is 23.1 Å². The molecule has 9 heteroatoms. The highest BCUT2D eigenvalue weighted by Crippen LogP contribution is 2.19. The molecule has 1 heterocycles. The van der Waals surface area contributed by atoms with Crippen LogP contribution in [0.1, 0.15) is 28.7 Å². The largest absolute Gasteiger partial charge is 0.345 e. The maximum Gasteiger partial charge on any atom is 0.252 e. The average molecular weight is 488 g/mol. The van der Waals surface area contributed by atoms with E-state index in [2.05, 4.69) is 36.8 Å². The molecule has 0 saturated carbocycles. The second-order valence-electron chi connectivity index (χ2n) is 6.51. The molecule has 0 unspecified atom stereocenters. The fourth-order valence-electron chi connectivity index (χ4n) is 2.74. The first-order valence-electron chi connectivity index (χ1n) is 9.42. The highest BCUT2D eigenvalue weighted by atomic mass is 79.9. The summed E-state index contributed by atoms with van der Waals surface area (Å²) in [6.07, 6.45) is 0. The molecule has 0 atom stereocenters. The zero-order valence-corrected chi connectivity index (χ0v) is 19.1. The predicted molar refractivity (Wildman–Crippen MR) is 122 cm³/mol. The number of hydrogen-bond donors (Lipinski definition) is 2. The molecule has 0 aliphatic heterocycles. The van der Waals surface area contributed by atoms with E-state index in [9.17, 15) is 9.59 Å². The number of hydrogen-bond acceptors (Lipinski definition) is 5. The Labute approximate surface area is 187 Å². The van der Waals surface area contributed by atoms with Gasteiger partial charge in [-0.2, -0.15) is 0 Å². The number of aryl methyl sites for hydroxylation is 1. The van der Waals surface area contributed by atoms with Gasteiger partial charge in [0.15, 0.2) is 11.0 Å². The fourth-order valence-corrected chi connectivity index (χ4v) is 4.02. The van der Waals surface area contributed by atoms with Gasteiger partial charge < -0.3 is 15.2 Å². The number of carbonyl (C=O) groups is 2. The van der Waals surface area contributed by atoms with Crippen LogP contribution in [0.2, 0.25) is 0 Å². The van der Waals surface area contributed by atoms with Gasteiger partial charge >= 0.3 is 0 Å². The number of thioether (sulfide) groups is 1. The molecule has 0 aliphatic carbocycles. The quantitative estimate of drug-likeness (QED) is 0.468. The minimum absolute atomic E-state index is 0.113. The molecule has 2 aromatic carbocycles. The van der Waals surface area contributed by atoms with E-state index < -0.39 is 0 Å². The van der Waals surface area contributed by atoms with Crippen LogP contribution in [-0.4, -0.2) is 32.3 Å². The number of nitrogens with zero attached hydrogens (tertiary/aromatic N) is 3. The van der Waals surface area contributed by atoms with Crippen molar-refractivity contribution in [2.75, 3.05) is 11.1 Å². The first-order valence-corrected chi connectivity index (χ1v) is 11.2. The topological polar surface area (TPSA) is 88.9 Å². The van der Waals surface area contributed by atoms with Gasteiger partial charge in [-0.3, -0.25) is 9.59 Å². The Morgan fingerprint density at radius 1 is 1.10 bits per heavy atom. The standard InChI is InChI=1S/C21H22BrN5O2S/c1-3-27-18(12-23-20(29)16-6-4-5-7-17(16)22)25-26-21(27)30-13-19(28)24-15-10-8-14(2)9-11-15/h4-11H,3,12-13H2,1-2H3,(H,23,29)(H,24,28). The summed E-state index contributed by atoms with van der Waals surface area (Å²) < 4.78 is 2.62. The summed E-state index contributed by atoms with van der Waals surface area (Å²) in [5, 5.41) is 14.7. The number of nitrogens with one attached hydrogen (secondary N) is 2. The van der Waals surface area contributed by atoms with E-state index in [4.69, 9.17) is 0 Å². The second-order valence-corrected chi connectivity index (χ2v) is 8.31. The summed E-state index contributed by atoms with van der Waals surface area (Å²) in [7, 11) is 0. The van der Waals surface area contributed by atoms with Crippen molar-refractivity contribution in [3.05, 3.63) is 70.0 Å². The van der Waals surface area contributed by atoms with Crippen molar-refractivity contribution in [1.82, 2.24) is 20.1 Å². The van der Waals surface area contributed by atoms with Gasteiger partial charge in [0.25, 0.3) is 5.91 Å². The average Bonchev–Trinajstić information content (AvgIpc) is 3.14. The van der Waals surface area contributed by atoms with Crippen molar-refractivity contribution < 1.29 is 9.59 Å². The molecule has 156 valence electrons. The Hall–Kier alpha value is -2.65. The van der Waals surface area contributed by atoms with Crippen LogP contribution in [-0.2, 0) is 17.9 Å². The van der Waals surface area contributed by atoms with E-state index in [0.717, 1.165) is 15.7 Å². The van der Waals surface area contributed by atoms with Crippen molar-refractivity contribution in [2.45, 2.75) is 32.1 Å². The van der Waals surface area contributed by atoms with Gasteiger partial charge in [-0.15, -0.1) is 10.2 Å². The summed E-state index contributed by atoms with van der Waals surface area (Å²) >= 11 is 4.69. The van der Waals surface area contributed by atoms with Crippen molar-refractivity contribution in [3.63, 3.8) is 0 Å². The molecular weight excluding hydrogens is 466 g/mol. The monoisotopic (exact) mass is 487 g/mol. The Balaban J connectivity index is 1.57. The summed E-state index contributed by atoms with van der Waals surface area (Å²) in [6, 6.07) is 14.9. The van der Waals surface area contributed by atoms with Gasteiger partial charge in [-0.1, -0.05) is 41.6 Å². The van der Waals surface area contributed by atoms with E-state index >= 15 is 0 Å². The van der Waals surface area contributed by atoms with Crippen molar-refractivity contribution in [3.8, 4) is 0 Å². The number of aromatic nitrogens is 3. The molecule has 2 N–H and O–H groups in total. The lowest BCUT2D eigenvalue weighted by Crippen LogP contribution is -2.25. The SMILES string of the molecule is CCn1c(CNC(=O)c2ccccc2Br)nnc1SCC(=O)Nc1ccc(C)cc1. The van der Waals surface area contributed by atoms with E-state index in [1.165, 1.54) is 11.8 Å². The molecular formula is C21H22BrN5O2S. The molecule has 0 bridgehead atoms. The van der Waals surface area contributed by atoms with Crippen molar-refractivity contribution in [2.24, 2.45) is 0 Å². The van der Waals surface area contributed by atoms with Gasteiger partial charge in [0.05, 0.1) is 17.9 Å².